The lowest BCUT2D eigenvalue weighted by atomic mass is 10.1. The van der Waals surface area contributed by atoms with E-state index in [9.17, 15) is 9.59 Å². The molecule has 0 fully saturated rings. The first kappa shape index (κ1) is 29.2. The number of carbonyl (C=O) groups is 2. The number of benzene rings is 2. The average Bonchev–Trinajstić information content (AvgIpc) is 2.89. The molecule has 0 saturated carbocycles. The van der Waals surface area contributed by atoms with E-state index < -0.39 is 14.9 Å². The van der Waals surface area contributed by atoms with Crippen LogP contribution in [0.2, 0.25) is 6.04 Å². The summed E-state index contributed by atoms with van der Waals surface area (Å²) in [5, 5.41) is 2.73. The summed E-state index contributed by atoms with van der Waals surface area (Å²) >= 11 is 0. The summed E-state index contributed by atoms with van der Waals surface area (Å²) in [6.07, 6.45) is 3.47. The van der Waals surface area contributed by atoms with Crippen LogP contribution in [0.3, 0.4) is 0 Å². The summed E-state index contributed by atoms with van der Waals surface area (Å²) in [4.78, 5) is 24.1. The van der Waals surface area contributed by atoms with Crippen LogP contribution >= 0.6 is 0 Å². The molecule has 1 amide bonds. The molecule has 0 heterocycles. The molecule has 0 aliphatic heterocycles. The monoisotopic (exact) mass is 515 g/mol. The fourth-order valence-corrected chi connectivity index (χ4v) is 6.00. The molecule has 196 valence electrons. The van der Waals surface area contributed by atoms with Gasteiger partial charge in [-0.05, 0) is 51.0 Å². The van der Waals surface area contributed by atoms with Gasteiger partial charge in [0.25, 0.3) is 0 Å². The van der Waals surface area contributed by atoms with Gasteiger partial charge in [0.05, 0.1) is 0 Å². The van der Waals surface area contributed by atoms with Crippen LogP contribution in [-0.4, -0.2) is 60.3 Å². The van der Waals surface area contributed by atoms with Gasteiger partial charge in [-0.15, -0.1) is 0 Å². The molecule has 36 heavy (non-hydrogen) atoms. The molecule has 0 aliphatic rings. The van der Waals surface area contributed by atoms with Crippen molar-refractivity contribution < 1.29 is 32.3 Å². The van der Waals surface area contributed by atoms with Crippen molar-refractivity contribution in [2.45, 2.75) is 33.2 Å². The molecule has 0 saturated heterocycles. The molecule has 0 radical (unpaired) electrons. The lowest BCUT2D eigenvalue weighted by Gasteiger charge is -2.28. The first-order chi connectivity index (χ1) is 17.5. The first-order valence-electron chi connectivity index (χ1n) is 12.3. The third-order valence-corrected chi connectivity index (χ3v) is 8.12. The number of alkyl carbamates (subject to hydrolysis) is 1. The van der Waals surface area contributed by atoms with Crippen LogP contribution in [-0.2, 0) is 18.0 Å². The second-order valence-corrected chi connectivity index (χ2v) is 10.4. The van der Waals surface area contributed by atoms with Gasteiger partial charge in [0.15, 0.2) is 5.78 Å². The topological polar surface area (TPSA) is 92.3 Å². The van der Waals surface area contributed by atoms with E-state index in [2.05, 4.69) is 5.32 Å². The Morgan fingerprint density at radius 3 is 2.11 bits per heavy atom. The van der Waals surface area contributed by atoms with E-state index >= 15 is 0 Å². The lowest BCUT2D eigenvalue weighted by Crippen LogP contribution is -2.46. The predicted octanol–water partition coefficient (Wildman–Crippen LogP) is 5.13. The molecule has 0 bridgehead atoms. The molecular formula is C27H37NO7Si. The first-order valence-corrected chi connectivity index (χ1v) is 14.3. The van der Waals surface area contributed by atoms with Crippen LogP contribution in [0.15, 0.2) is 60.7 Å². The van der Waals surface area contributed by atoms with Gasteiger partial charge in [0, 0.05) is 38.0 Å². The van der Waals surface area contributed by atoms with Crippen molar-refractivity contribution in [1.82, 2.24) is 5.32 Å². The molecule has 0 aromatic heterocycles. The van der Waals surface area contributed by atoms with E-state index in [0.717, 1.165) is 5.56 Å². The molecule has 8 nitrogen and oxygen atoms in total. The number of nitrogens with one attached hydrogen (secondary N) is 1. The fraction of sp³-hybridized carbons (Fsp3) is 0.407. The van der Waals surface area contributed by atoms with Gasteiger partial charge in [0.2, 0.25) is 0 Å². The number of carbonyl (C=O) groups excluding carboxylic acids is 2. The van der Waals surface area contributed by atoms with Crippen molar-refractivity contribution in [3.8, 4) is 5.75 Å². The van der Waals surface area contributed by atoms with Crippen molar-refractivity contribution >= 4 is 26.8 Å². The Bertz CT molecular complexity index is 918. The second-order valence-electron chi connectivity index (χ2n) is 7.63. The smallest absolute Gasteiger partial charge is 0.490 e. The molecule has 9 heteroatoms. The molecule has 0 unspecified atom stereocenters. The van der Waals surface area contributed by atoms with Gasteiger partial charge in [-0.3, -0.25) is 4.79 Å². The summed E-state index contributed by atoms with van der Waals surface area (Å²) < 4.78 is 28.2. The number of allylic oxidation sites excluding steroid dienone is 1. The average molecular weight is 516 g/mol. The van der Waals surface area contributed by atoms with Crippen LogP contribution < -0.4 is 10.1 Å². The SMILES string of the molecule is CCO[Si](CCCNC(=O)OCCOc1ccc(C=CC(=O)c2ccccc2)cc1)(OCC)OCC. The summed E-state index contributed by atoms with van der Waals surface area (Å²) in [5.74, 6) is 0.597. The van der Waals surface area contributed by atoms with Crippen molar-refractivity contribution in [3.63, 3.8) is 0 Å². The fourth-order valence-electron chi connectivity index (χ4n) is 3.39. The van der Waals surface area contributed by atoms with Gasteiger partial charge in [-0.25, -0.2) is 4.79 Å². The van der Waals surface area contributed by atoms with Gasteiger partial charge >= 0.3 is 14.9 Å². The van der Waals surface area contributed by atoms with Crippen molar-refractivity contribution in [2.24, 2.45) is 0 Å². The van der Waals surface area contributed by atoms with Gasteiger partial charge < -0.3 is 28.1 Å². The number of hydrogen-bond acceptors (Lipinski definition) is 7. The highest BCUT2D eigenvalue weighted by Crippen LogP contribution is 2.18. The van der Waals surface area contributed by atoms with E-state index in [0.29, 0.717) is 50.1 Å². The maximum absolute atomic E-state index is 12.1. The van der Waals surface area contributed by atoms with Gasteiger partial charge in [-0.1, -0.05) is 48.5 Å². The second kappa shape index (κ2) is 16.6. The Morgan fingerprint density at radius 2 is 1.50 bits per heavy atom. The Morgan fingerprint density at radius 1 is 0.861 bits per heavy atom. The zero-order valence-electron chi connectivity index (χ0n) is 21.4. The highest BCUT2D eigenvalue weighted by molar-refractivity contribution is 6.60. The lowest BCUT2D eigenvalue weighted by molar-refractivity contribution is 0.0706. The number of ketones is 1. The number of rotatable bonds is 17. The third kappa shape index (κ3) is 10.7. The van der Waals surface area contributed by atoms with Gasteiger partial charge in [-0.2, -0.15) is 0 Å². The van der Waals surface area contributed by atoms with Crippen LogP contribution in [0.25, 0.3) is 6.08 Å². The molecule has 2 rings (SSSR count). The summed E-state index contributed by atoms with van der Waals surface area (Å²) in [7, 11) is -2.70. The minimum absolute atomic E-state index is 0.0503. The Labute approximate surface area is 214 Å². The Hall–Kier alpha value is -2.98. The number of hydrogen-bond donors (Lipinski definition) is 1. The van der Waals surface area contributed by atoms with Crippen molar-refractivity contribution in [3.05, 3.63) is 71.8 Å². The largest absolute Gasteiger partial charge is 0.500 e. The Kier molecular flexibility index (Phi) is 13.5. The maximum Gasteiger partial charge on any atom is 0.500 e. The van der Waals surface area contributed by atoms with Crippen LogP contribution in [0.4, 0.5) is 4.79 Å². The Balaban J connectivity index is 1.64. The molecule has 2 aromatic rings. The molecular weight excluding hydrogens is 478 g/mol. The molecule has 2 aromatic carbocycles. The third-order valence-electron chi connectivity index (χ3n) is 4.97. The molecule has 1 N–H and O–H groups in total. The van der Waals surface area contributed by atoms with Gasteiger partial charge in [0.1, 0.15) is 19.0 Å². The van der Waals surface area contributed by atoms with E-state index in [-0.39, 0.29) is 19.0 Å². The van der Waals surface area contributed by atoms with Crippen LogP contribution in [0, 0.1) is 0 Å². The van der Waals surface area contributed by atoms with E-state index in [1.807, 2.05) is 51.1 Å². The van der Waals surface area contributed by atoms with E-state index in [4.69, 9.17) is 22.8 Å². The minimum atomic E-state index is -2.70. The number of ether oxygens (including phenoxy) is 2. The zero-order valence-corrected chi connectivity index (χ0v) is 22.4. The normalized spacial score (nSPS) is 11.4. The summed E-state index contributed by atoms with van der Waals surface area (Å²) in [6, 6.07) is 17.1. The predicted molar refractivity (Wildman–Crippen MR) is 141 cm³/mol. The van der Waals surface area contributed by atoms with Crippen molar-refractivity contribution in [1.29, 1.82) is 0 Å². The van der Waals surface area contributed by atoms with Crippen molar-refractivity contribution in [2.75, 3.05) is 39.6 Å². The summed E-state index contributed by atoms with van der Waals surface area (Å²) in [5.41, 5.74) is 1.53. The van der Waals surface area contributed by atoms with E-state index in [1.165, 1.54) is 0 Å². The van der Waals surface area contributed by atoms with Crippen LogP contribution in [0.5, 0.6) is 5.75 Å². The number of amides is 1. The molecule has 0 spiro atoms. The minimum Gasteiger partial charge on any atom is -0.490 e. The highest BCUT2D eigenvalue weighted by atomic mass is 28.4. The molecule has 0 atom stereocenters. The summed E-state index contributed by atoms with van der Waals surface area (Å²) in [6.45, 7) is 8.09. The maximum atomic E-state index is 12.1. The van der Waals surface area contributed by atoms with E-state index in [1.54, 1.807) is 36.4 Å². The highest BCUT2D eigenvalue weighted by Gasteiger charge is 2.39. The molecule has 0 aliphatic carbocycles. The quantitative estimate of drug-likeness (QED) is 0.135. The standard InChI is InChI=1S/C27H37NO7Si/c1-4-33-36(34-5-2,35-6-3)22-10-19-28-27(30)32-21-20-31-25-16-13-23(14-17-25)15-18-26(29)24-11-8-7-9-12-24/h7-9,11-18H,4-6,10,19-22H2,1-3H3,(H,28,30). The zero-order chi connectivity index (χ0) is 26.1. The van der Waals surface area contributed by atoms with Crippen LogP contribution in [0.1, 0.15) is 43.1 Å².